The molecule has 7 heteroatoms. The minimum absolute atomic E-state index is 0.0115. The number of likely N-dealkylation sites (tertiary alicyclic amines) is 1. The molecule has 2 atom stereocenters. The zero-order chi connectivity index (χ0) is 24.9. The van der Waals surface area contributed by atoms with Crippen molar-refractivity contribution < 1.29 is 14.7 Å². The van der Waals surface area contributed by atoms with Crippen molar-refractivity contribution >= 4 is 23.4 Å². The lowest BCUT2D eigenvalue weighted by Crippen LogP contribution is -2.63. The first-order valence-electron chi connectivity index (χ1n) is 13.4. The van der Waals surface area contributed by atoms with Gasteiger partial charge in [0.1, 0.15) is 0 Å². The molecule has 5 fully saturated rings. The lowest BCUT2D eigenvalue weighted by atomic mass is 9.53. The minimum Gasteiger partial charge on any atom is -0.395 e. The van der Waals surface area contributed by atoms with E-state index in [1.54, 1.807) is 0 Å². The van der Waals surface area contributed by atoms with Gasteiger partial charge in [-0.3, -0.25) is 9.59 Å². The summed E-state index contributed by atoms with van der Waals surface area (Å²) < 4.78 is 0. The van der Waals surface area contributed by atoms with Gasteiger partial charge in [-0.1, -0.05) is 23.7 Å². The van der Waals surface area contributed by atoms with Crippen LogP contribution in [-0.2, 0) is 16.0 Å². The summed E-state index contributed by atoms with van der Waals surface area (Å²) >= 11 is 5.98. The van der Waals surface area contributed by atoms with Crippen molar-refractivity contribution in [2.24, 2.45) is 34.8 Å². The average Bonchev–Trinajstić information content (AvgIpc) is 3.31. The average molecular weight is 502 g/mol. The second-order valence-corrected chi connectivity index (χ2v) is 12.8. The van der Waals surface area contributed by atoms with Crippen LogP contribution < -0.4 is 5.73 Å². The van der Waals surface area contributed by atoms with Crippen molar-refractivity contribution in [1.82, 2.24) is 9.80 Å². The van der Waals surface area contributed by atoms with Crippen molar-refractivity contribution in [1.29, 1.82) is 0 Å². The normalized spacial score (nSPS) is 32.7. The number of hydrogen-bond acceptors (Lipinski definition) is 4. The molecular weight excluding hydrogens is 462 g/mol. The summed E-state index contributed by atoms with van der Waals surface area (Å²) in [7, 11) is 0. The van der Waals surface area contributed by atoms with E-state index in [0.717, 1.165) is 23.8 Å². The van der Waals surface area contributed by atoms with Crippen molar-refractivity contribution in [3.63, 3.8) is 0 Å². The van der Waals surface area contributed by atoms with E-state index in [-0.39, 0.29) is 30.5 Å². The standard InChI is InChI=1S/C28H40ClN3O3/c1-28(2,16-33)27(35)32(25-20-10-18-9-19(12-20)13-21(25)11-18)23-7-8-31(15-23)26(34)24(30)14-17-3-5-22(29)6-4-17/h3-6,18-21,23-25,33H,7-16,30H2,1-2H3. The molecular formula is C28H40ClN3O3. The van der Waals surface area contributed by atoms with E-state index in [9.17, 15) is 14.7 Å². The number of nitrogens with two attached hydrogens (primary N) is 1. The Morgan fingerprint density at radius 2 is 1.71 bits per heavy atom. The smallest absolute Gasteiger partial charge is 0.239 e. The van der Waals surface area contributed by atoms with Crippen molar-refractivity contribution in [2.45, 2.75) is 76.9 Å². The fourth-order valence-corrected chi connectivity index (χ4v) is 7.80. The van der Waals surface area contributed by atoms with Crippen molar-refractivity contribution in [3.05, 3.63) is 34.9 Å². The van der Waals surface area contributed by atoms with Crippen LogP contribution in [0.25, 0.3) is 0 Å². The Kier molecular flexibility index (Phi) is 6.92. The first-order chi connectivity index (χ1) is 16.7. The zero-order valence-corrected chi connectivity index (χ0v) is 21.8. The van der Waals surface area contributed by atoms with E-state index in [2.05, 4.69) is 4.90 Å². The van der Waals surface area contributed by atoms with E-state index >= 15 is 0 Å². The molecule has 4 saturated carbocycles. The molecule has 0 radical (unpaired) electrons. The van der Waals surface area contributed by atoms with Crippen LogP contribution in [0, 0.1) is 29.1 Å². The molecule has 2 unspecified atom stereocenters. The SMILES string of the molecule is CC(C)(CO)C(=O)N(C1CCN(C(=O)C(N)Cc2ccc(Cl)cc2)C1)C1C2CC3CC(C2)CC1C3. The molecule has 6 rings (SSSR count). The third kappa shape index (κ3) is 4.86. The fraction of sp³-hybridized carbons (Fsp3) is 0.714. The molecule has 4 bridgehead atoms. The van der Waals surface area contributed by atoms with Crippen LogP contribution in [0.1, 0.15) is 57.9 Å². The molecule has 6 nitrogen and oxygen atoms in total. The molecule has 1 aromatic rings. The van der Waals surface area contributed by atoms with Crippen LogP contribution in [0.5, 0.6) is 0 Å². The Hall–Kier alpha value is -1.63. The third-order valence-corrected chi connectivity index (χ3v) is 9.51. The highest BCUT2D eigenvalue weighted by atomic mass is 35.5. The molecule has 4 aliphatic carbocycles. The van der Waals surface area contributed by atoms with E-state index < -0.39 is 11.5 Å². The number of rotatable bonds is 7. The lowest BCUT2D eigenvalue weighted by Gasteiger charge is -2.58. The Bertz CT molecular complexity index is 921. The summed E-state index contributed by atoms with van der Waals surface area (Å²) in [5, 5.41) is 10.7. The molecule has 1 saturated heterocycles. The molecule has 192 valence electrons. The lowest BCUT2D eigenvalue weighted by molar-refractivity contribution is -0.159. The predicted octanol–water partition coefficient (Wildman–Crippen LogP) is 3.48. The Labute approximate surface area is 214 Å². The Balaban J connectivity index is 1.32. The van der Waals surface area contributed by atoms with Crippen LogP contribution in [0.3, 0.4) is 0 Å². The topological polar surface area (TPSA) is 86.9 Å². The zero-order valence-electron chi connectivity index (χ0n) is 21.0. The van der Waals surface area contributed by atoms with E-state index in [0.29, 0.717) is 36.4 Å². The van der Waals surface area contributed by atoms with Gasteiger partial charge < -0.3 is 20.6 Å². The molecule has 0 spiro atoms. The second-order valence-electron chi connectivity index (χ2n) is 12.3. The summed E-state index contributed by atoms with van der Waals surface area (Å²) in [6, 6.07) is 7.06. The molecule has 1 heterocycles. The molecule has 2 amide bonds. The van der Waals surface area contributed by atoms with Gasteiger partial charge in [0.05, 0.1) is 24.1 Å². The van der Waals surface area contributed by atoms with Crippen LogP contribution in [0.15, 0.2) is 24.3 Å². The molecule has 3 N–H and O–H groups in total. The highest BCUT2D eigenvalue weighted by molar-refractivity contribution is 6.30. The van der Waals surface area contributed by atoms with Gasteiger partial charge in [0, 0.05) is 24.2 Å². The van der Waals surface area contributed by atoms with Gasteiger partial charge in [-0.05, 0) is 100 Å². The molecule has 5 aliphatic rings. The number of aliphatic hydroxyl groups is 1. The molecule has 1 aliphatic heterocycles. The first kappa shape index (κ1) is 25.0. The molecule has 35 heavy (non-hydrogen) atoms. The maximum atomic E-state index is 13.9. The number of aliphatic hydroxyl groups excluding tert-OH is 1. The highest BCUT2D eigenvalue weighted by Gasteiger charge is 2.54. The van der Waals surface area contributed by atoms with E-state index in [4.69, 9.17) is 17.3 Å². The second kappa shape index (κ2) is 9.68. The van der Waals surface area contributed by atoms with Gasteiger partial charge in [-0.25, -0.2) is 0 Å². The van der Waals surface area contributed by atoms with Gasteiger partial charge in [0.2, 0.25) is 11.8 Å². The van der Waals surface area contributed by atoms with Gasteiger partial charge in [-0.2, -0.15) is 0 Å². The van der Waals surface area contributed by atoms with Crippen LogP contribution >= 0.6 is 11.6 Å². The van der Waals surface area contributed by atoms with E-state index in [1.165, 1.54) is 32.1 Å². The predicted molar refractivity (Wildman–Crippen MR) is 137 cm³/mol. The van der Waals surface area contributed by atoms with Crippen molar-refractivity contribution in [3.8, 4) is 0 Å². The van der Waals surface area contributed by atoms with Gasteiger partial charge >= 0.3 is 0 Å². The van der Waals surface area contributed by atoms with Crippen molar-refractivity contribution in [2.75, 3.05) is 19.7 Å². The number of hydrogen-bond donors (Lipinski definition) is 2. The van der Waals surface area contributed by atoms with Crippen LogP contribution in [-0.4, -0.2) is 64.5 Å². The highest BCUT2D eigenvalue weighted by Crippen LogP contribution is 2.56. The summed E-state index contributed by atoms with van der Waals surface area (Å²) in [5.41, 5.74) is 6.50. The quantitative estimate of drug-likeness (QED) is 0.598. The Morgan fingerprint density at radius 3 is 2.29 bits per heavy atom. The fourth-order valence-electron chi connectivity index (χ4n) is 7.68. The number of halogens is 1. The maximum absolute atomic E-state index is 13.9. The third-order valence-electron chi connectivity index (χ3n) is 9.26. The van der Waals surface area contributed by atoms with Crippen LogP contribution in [0.2, 0.25) is 5.02 Å². The number of amides is 2. The monoisotopic (exact) mass is 501 g/mol. The Morgan fingerprint density at radius 1 is 1.11 bits per heavy atom. The number of carbonyl (C=O) groups is 2. The van der Waals surface area contributed by atoms with Gasteiger partial charge in [0.25, 0.3) is 0 Å². The maximum Gasteiger partial charge on any atom is 0.239 e. The first-order valence-corrected chi connectivity index (χ1v) is 13.8. The largest absolute Gasteiger partial charge is 0.395 e. The van der Waals surface area contributed by atoms with Crippen LogP contribution in [0.4, 0.5) is 0 Å². The summed E-state index contributed by atoms with van der Waals surface area (Å²) in [6.07, 6.45) is 7.50. The summed E-state index contributed by atoms with van der Waals surface area (Å²) in [5.74, 6) is 2.75. The number of benzene rings is 1. The molecule has 0 aromatic heterocycles. The van der Waals surface area contributed by atoms with Gasteiger partial charge in [-0.15, -0.1) is 0 Å². The number of nitrogens with zero attached hydrogens (tertiary/aromatic N) is 2. The molecule has 1 aromatic carbocycles. The summed E-state index contributed by atoms with van der Waals surface area (Å²) in [6.45, 7) is 4.67. The van der Waals surface area contributed by atoms with Gasteiger partial charge in [0.15, 0.2) is 0 Å². The minimum atomic E-state index is -0.822. The van der Waals surface area contributed by atoms with E-state index in [1.807, 2.05) is 43.0 Å². The number of carbonyl (C=O) groups excluding carboxylic acids is 2. The summed E-state index contributed by atoms with van der Waals surface area (Å²) in [4.78, 5) is 31.2.